The summed E-state index contributed by atoms with van der Waals surface area (Å²) < 4.78 is 0. The second-order valence-corrected chi connectivity index (χ2v) is 3.43. The fourth-order valence-electron chi connectivity index (χ4n) is 1.55. The highest BCUT2D eigenvalue weighted by molar-refractivity contribution is 6.21. The SMILES string of the molecule is C=CC(=O)c1cccc(C(=O)C=C)c1C(=O)C=C. The molecule has 0 saturated carbocycles. The highest BCUT2D eigenvalue weighted by Crippen LogP contribution is 2.18. The molecule has 0 radical (unpaired) electrons. The van der Waals surface area contributed by atoms with Gasteiger partial charge in [0.05, 0.1) is 0 Å². The smallest absolute Gasteiger partial charge is 0.186 e. The Hall–Kier alpha value is -2.55. The number of carbonyl (C=O) groups excluding carboxylic acids is 3. The van der Waals surface area contributed by atoms with Gasteiger partial charge in [0.15, 0.2) is 17.3 Å². The van der Waals surface area contributed by atoms with Gasteiger partial charge in [-0.25, -0.2) is 0 Å². The van der Waals surface area contributed by atoms with Crippen LogP contribution in [0.3, 0.4) is 0 Å². The molecule has 90 valence electrons. The van der Waals surface area contributed by atoms with Gasteiger partial charge in [-0.2, -0.15) is 0 Å². The number of hydrogen-bond donors (Lipinski definition) is 0. The molecule has 0 aliphatic carbocycles. The third-order valence-electron chi connectivity index (χ3n) is 2.40. The van der Waals surface area contributed by atoms with Crippen LogP contribution < -0.4 is 0 Å². The predicted molar refractivity (Wildman–Crippen MR) is 70.0 cm³/mol. The van der Waals surface area contributed by atoms with Crippen LogP contribution in [0, 0.1) is 0 Å². The topological polar surface area (TPSA) is 51.2 Å². The van der Waals surface area contributed by atoms with Crippen molar-refractivity contribution in [1.29, 1.82) is 0 Å². The standard InChI is InChI=1S/C15H12O3/c1-4-12(16)10-8-7-9-11(13(17)5-2)15(10)14(18)6-3/h4-9H,1-3H2. The first-order valence-electron chi connectivity index (χ1n) is 5.20. The molecule has 0 N–H and O–H groups in total. The van der Waals surface area contributed by atoms with Gasteiger partial charge >= 0.3 is 0 Å². The van der Waals surface area contributed by atoms with Crippen molar-refractivity contribution >= 4 is 17.3 Å². The molecule has 0 spiro atoms. The van der Waals surface area contributed by atoms with E-state index in [1.807, 2.05) is 0 Å². The van der Waals surface area contributed by atoms with Crippen molar-refractivity contribution < 1.29 is 14.4 Å². The van der Waals surface area contributed by atoms with Crippen LogP contribution in [0.1, 0.15) is 31.1 Å². The monoisotopic (exact) mass is 240 g/mol. The minimum absolute atomic E-state index is 0.0438. The molecule has 0 heterocycles. The molecule has 0 bridgehead atoms. The van der Waals surface area contributed by atoms with E-state index in [1.165, 1.54) is 18.2 Å². The number of hydrogen-bond acceptors (Lipinski definition) is 3. The predicted octanol–water partition coefficient (Wildman–Crippen LogP) is 2.79. The minimum Gasteiger partial charge on any atom is -0.289 e. The van der Waals surface area contributed by atoms with Crippen LogP contribution in [0.2, 0.25) is 0 Å². The molecule has 3 nitrogen and oxygen atoms in total. The van der Waals surface area contributed by atoms with Gasteiger partial charge in [-0.15, -0.1) is 0 Å². The summed E-state index contributed by atoms with van der Waals surface area (Å²) in [4.78, 5) is 35.2. The van der Waals surface area contributed by atoms with Crippen molar-refractivity contribution in [1.82, 2.24) is 0 Å². The Morgan fingerprint density at radius 2 is 1.17 bits per heavy atom. The average molecular weight is 240 g/mol. The van der Waals surface area contributed by atoms with Crippen LogP contribution in [0.15, 0.2) is 56.2 Å². The Bertz CT molecular complexity index is 527. The van der Waals surface area contributed by atoms with Gasteiger partial charge in [-0.1, -0.05) is 37.9 Å². The van der Waals surface area contributed by atoms with Gasteiger partial charge in [-0.05, 0) is 18.2 Å². The minimum atomic E-state index is -0.481. The van der Waals surface area contributed by atoms with Gasteiger partial charge in [0, 0.05) is 16.7 Å². The maximum Gasteiger partial charge on any atom is 0.186 e. The van der Waals surface area contributed by atoms with Gasteiger partial charge < -0.3 is 0 Å². The molecule has 0 unspecified atom stereocenters. The Morgan fingerprint density at radius 1 is 0.778 bits per heavy atom. The molecular weight excluding hydrogens is 228 g/mol. The molecule has 3 heteroatoms. The maximum absolute atomic E-state index is 11.8. The molecule has 1 aromatic rings. The van der Waals surface area contributed by atoms with E-state index in [1.54, 1.807) is 0 Å². The molecule has 0 aliphatic heterocycles. The summed E-state index contributed by atoms with van der Waals surface area (Å²) >= 11 is 0. The maximum atomic E-state index is 11.8. The van der Waals surface area contributed by atoms with Gasteiger partial charge in [0.25, 0.3) is 0 Å². The molecule has 0 fully saturated rings. The molecule has 0 amide bonds. The third kappa shape index (κ3) is 2.40. The number of allylic oxidation sites excluding steroid dienone is 3. The number of benzene rings is 1. The van der Waals surface area contributed by atoms with Crippen LogP contribution in [-0.2, 0) is 0 Å². The fraction of sp³-hybridized carbons (Fsp3) is 0. The zero-order valence-electron chi connectivity index (χ0n) is 9.81. The van der Waals surface area contributed by atoms with Crippen molar-refractivity contribution in [3.8, 4) is 0 Å². The van der Waals surface area contributed by atoms with Gasteiger partial charge in [-0.3, -0.25) is 14.4 Å². The molecule has 1 rings (SSSR count). The summed E-state index contributed by atoms with van der Waals surface area (Å²) in [5, 5.41) is 0. The van der Waals surface area contributed by atoms with Crippen LogP contribution >= 0.6 is 0 Å². The molecule has 0 aliphatic rings. The average Bonchev–Trinajstić information content (AvgIpc) is 2.43. The lowest BCUT2D eigenvalue weighted by Gasteiger charge is -2.08. The molecule has 18 heavy (non-hydrogen) atoms. The number of carbonyl (C=O) groups is 3. The summed E-state index contributed by atoms with van der Waals surface area (Å²) in [6.07, 6.45) is 3.25. The Morgan fingerprint density at radius 3 is 1.50 bits per heavy atom. The number of ketones is 3. The summed E-state index contributed by atoms with van der Waals surface area (Å²) in [7, 11) is 0. The summed E-state index contributed by atoms with van der Waals surface area (Å²) in [6.45, 7) is 10.1. The van der Waals surface area contributed by atoms with Crippen molar-refractivity contribution in [2.45, 2.75) is 0 Å². The van der Waals surface area contributed by atoms with E-state index in [2.05, 4.69) is 19.7 Å². The van der Waals surface area contributed by atoms with Crippen LogP contribution in [0.5, 0.6) is 0 Å². The van der Waals surface area contributed by atoms with Gasteiger partial charge in [0.1, 0.15) is 0 Å². The lowest BCUT2D eigenvalue weighted by atomic mass is 9.92. The van der Waals surface area contributed by atoms with Crippen LogP contribution in [0.25, 0.3) is 0 Å². The highest BCUT2D eigenvalue weighted by atomic mass is 16.1. The lowest BCUT2D eigenvalue weighted by Crippen LogP contribution is -2.12. The normalized spacial score (nSPS) is 9.33. The van der Waals surface area contributed by atoms with E-state index in [4.69, 9.17) is 0 Å². The largest absolute Gasteiger partial charge is 0.289 e. The molecular formula is C15H12O3. The first-order chi connectivity index (χ1) is 8.56. The summed E-state index contributed by atoms with van der Waals surface area (Å²) in [5.41, 5.74) is 0.326. The van der Waals surface area contributed by atoms with Crippen molar-refractivity contribution in [2.24, 2.45) is 0 Å². The first-order valence-corrected chi connectivity index (χ1v) is 5.20. The quantitative estimate of drug-likeness (QED) is 0.567. The molecule has 0 aromatic heterocycles. The van der Waals surface area contributed by atoms with Crippen LogP contribution in [0.4, 0.5) is 0 Å². The number of rotatable bonds is 6. The summed E-state index contributed by atoms with van der Waals surface area (Å²) in [6, 6.07) is 4.48. The van der Waals surface area contributed by atoms with E-state index in [9.17, 15) is 14.4 Å². The Kier molecular flexibility index (Phi) is 4.27. The third-order valence-corrected chi connectivity index (χ3v) is 2.40. The fourth-order valence-corrected chi connectivity index (χ4v) is 1.55. The van der Waals surface area contributed by atoms with E-state index in [-0.39, 0.29) is 16.7 Å². The first kappa shape index (κ1) is 13.5. The Labute approximate surface area is 105 Å². The molecule has 0 saturated heterocycles. The lowest BCUT2D eigenvalue weighted by molar-refractivity contribution is 0.0999. The zero-order valence-corrected chi connectivity index (χ0v) is 9.81. The van der Waals surface area contributed by atoms with E-state index in [0.717, 1.165) is 18.2 Å². The molecule has 1 aromatic carbocycles. The van der Waals surface area contributed by atoms with E-state index < -0.39 is 17.3 Å². The second-order valence-electron chi connectivity index (χ2n) is 3.43. The summed E-state index contributed by atoms with van der Waals surface area (Å²) in [5.74, 6) is -1.32. The van der Waals surface area contributed by atoms with E-state index >= 15 is 0 Å². The Balaban J connectivity index is 3.64. The van der Waals surface area contributed by atoms with Crippen molar-refractivity contribution in [3.63, 3.8) is 0 Å². The van der Waals surface area contributed by atoms with E-state index in [0.29, 0.717) is 0 Å². The van der Waals surface area contributed by atoms with Gasteiger partial charge in [0.2, 0.25) is 0 Å². The zero-order chi connectivity index (χ0) is 13.7. The second kappa shape index (κ2) is 5.68. The van der Waals surface area contributed by atoms with Crippen LogP contribution in [-0.4, -0.2) is 17.3 Å². The van der Waals surface area contributed by atoms with Crippen molar-refractivity contribution in [2.75, 3.05) is 0 Å². The van der Waals surface area contributed by atoms with Crippen molar-refractivity contribution in [3.05, 3.63) is 72.9 Å². The highest BCUT2D eigenvalue weighted by Gasteiger charge is 2.20. The molecule has 0 atom stereocenters.